The smallest absolute Gasteiger partial charge is 0.264 e. The summed E-state index contributed by atoms with van der Waals surface area (Å²) in [5, 5.41) is 2.85. The predicted molar refractivity (Wildman–Crippen MR) is 168 cm³/mol. The fraction of sp³-hybridized carbons (Fsp3) is 0.235. The predicted octanol–water partition coefficient (Wildman–Crippen LogP) is 6.15. The first-order valence-corrected chi connectivity index (χ1v) is 15.8. The van der Waals surface area contributed by atoms with Crippen LogP contribution in [0, 0.1) is 5.82 Å². The summed E-state index contributed by atoms with van der Waals surface area (Å²) in [6, 6.07) is 27.9. The van der Waals surface area contributed by atoms with Crippen LogP contribution in [0.1, 0.15) is 32.8 Å². The van der Waals surface area contributed by atoms with Gasteiger partial charge in [-0.25, -0.2) is 12.8 Å². The van der Waals surface area contributed by atoms with Gasteiger partial charge in [-0.05, 0) is 86.5 Å². The lowest BCUT2D eigenvalue weighted by atomic mass is 10.1. The first-order valence-electron chi connectivity index (χ1n) is 14.3. The van der Waals surface area contributed by atoms with Crippen molar-refractivity contribution in [2.75, 3.05) is 10.8 Å². The second-order valence-corrected chi connectivity index (χ2v) is 12.3. The lowest BCUT2D eigenvalue weighted by molar-refractivity contribution is -0.140. The maximum atomic E-state index is 14.1. The number of amides is 2. The number of nitrogens with one attached hydrogen (secondary N) is 1. The molecule has 0 spiro atoms. The van der Waals surface area contributed by atoms with E-state index in [0.29, 0.717) is 17.1 Å². The van der Waals surface area contributed by atoms with E-state index in [2.05, 4.69) is 5.32 Å². The van der Waals surface area contributed by atoms with Crippen LogP contribution >= 0.6 is 0 Å². The molecule has 0 aliphatic carbocycles. The zero-order valence-corrected chi connectivity index (χ0v) is 25.7. The molecule has 8 nitrogen and oxygen atoms in total. The number of sulfonamides is 1. The third kappa shape index (κ3) is 8.23. The molecule has 1 N–H and O–H groups in total. The summed E-state index contributed by atoms with van der Waals surface area (Å²) in [5.74, 6) is -0.290. The van der Waals surface area contributed by atoms with E-state index in [1.807, 2.05) is 32.0 Å². The lowest BCUT2D eigenvalue weighted by Gasteiger charge is -2.33. The van der Waals surface area contributed by atoms with Crippen molar-refractivity contribution < 1.29 is 27.1 Å². The average Bonchev–Trinajstić information content (AvgIpc) is 3.01. The molecule has 0 unspecified atom stereocenters. The van der Waals surface area contributed by atoms with Crippen LogP contribution in [0.3, 0.4) is 0 Å². The van der Waals surface area contributed by atoms with Gasteiger partial charge in [-0.1, -0.05) is 55.5 Å². The normalized spacial score (nSPS) is 11.9. The summed E-state index contributed by atoms with van der Waals surface area (Å²) in [6.45, 7) is 4.81. The number of benzene rings is 4. The number of ether oxygens (including phenoxy) is 1. The van der Waals surface area contributed by atoms with E-state index in [1.165, 1.54) is 41.3 Å². The molecule has 4 rings (SSSR count). The molecule has 2 amide bonds. The number of carbonyl (C=O) groups excluding carboxylic acids is 2. The highest BCUT2D eigenvalue weighted by Crippen LogP contribution is 2.28. The number of hydrogen-bond donors (Lipinski definition) is 1. The molecule has 0 aliphatic rings. The second-order valence-electron chi connectivity index (χ2n) is 10.5. The largest absolute Gasteiger partial charge is 0.457 e. The van der Waals surface area contributed by atoms with Crippen molar-refractivity contribution in [2.24, 2.45) is 0 Å². The lowest BCUT2D eigenvalue weighted by Crippen LogP contribution is -2.53. The third-order valence-electron chi connectivity index (χ3n) is 6.80. The van der Waals surface area contributed by atoms with Gasteiger partial charge in [0, 0.05) is 12.6 Å². The van der Waals surface area contributed by atoms with Gasteiger partial charge in [0.2, 0.25) is 11.8 Å². The van der Waals surface area contributed by atoms with Crippen LogP contribution in [0.4, 0.5) is 10.1 Å². The van der Waals surface area contributed by atoms with Gasteiger partial charge in [-0.2, -0.15) is 0 Å². The Morgan fingerprint density at radius 3 is 1.95 bits per heavy atom. The molecule has 230 valence electrons. The Balaban J connectivity index is 1.71. The highest BCUT2D eigenvalue weighted by atomic mass is 32.2. The first kappa shape index (κ1) is 32.2. The zero-order chi connectivity index (χ0) is 31.7. The molecular weight excluding hydrogens is 581 g/mol. The Kier molecular flexibility index (Phi) is 10.7. The van der Waals surface area contributed by atoms with Gasteiger partial charge in [0.15, 0.2) is 0 Å². The number of halogens is 1. The van der Waals surface area contributed by atoms with E-state index >= 15 is 0 Å². The van der Waals surface area contributed by atoms with Crippen molar-refractivity contribution in [1.82, 2.24) is 10.2 Å². The van der Waals surface area contributed by atoms with Gasteiger partial charge < -0.3 is 15.0 Å². The molecule has 0 aliphatic heterocycles. The Bertz CT molecular complexity index is 1630. The standard InChI is InChI=1S/C34H36FN3O5S/c1-4-32(34(40)36-25(2)3)37(23-26-15-17-27(35)18-16-26)33(39)24-38(44(41,42)31-13-9-6-10-14-31)28-19-21-30(22-20-28)43-29-11-7-5-8-12-29/h5-22,25,32H,4,23-24H2,1-3H3,(H,36,40)/t32-/m0/s1. The maximum absolute atomic E-state index is 14.1. The molecule has 10 heteroatoms. The molecule has 0 saturated heterocycles. The summed E-state index contributed by atoms with van der Waals surface area (Å²) in [4.78, 5) is 28.7. The van der Waals surface area contributed by atoms with Crippen molar-refractivity contribution in [3.8, 4) is 11.5 Å². The molecule has 1 atom stereocenters. The summed E-state index contributed by atoms with van der Waals surface area (Å²) in [6.07, 6.45) is 0.280. The molecular formula is C34H36FN3O5S. The van der Waals surface area contributed by atoms with Gasteiger partial charge in [-0.15, -0.1) is 0 Å². The van der Waals surface area contributed by atoms with Crippen LogP contribution in [0.15, 0.2) is 114 Å². The van der Waals surface area contributed by atoms with Crippen molar-refractivity contribution in [3.63, 3.8) is 0 Å². The Labute approximate surface area is 258 Å². The van der Waals surface area contributed by atoms with Gasteiger partial charge in [-0.3, -0.25) is 13.9 Å². The van der Waals surface area contributed by atoms with Gasteiger partial charge in [0.1, 0.15) is 29.9 Å². The van der Waals surface area contributed by atoms with Gasteiger partial charge in [0.25, 0.3) is 10.0 Å². The second kappa shape index (κ2) is 14.7. The molecule has 4 aromatic rings. The summed E-state index contributed by atoms with van der Waals surface area (Å²) in [7, 11) is -4.21. The highest BCUT2D eigenvalue weighted by molar-refractivity contribution is 7.92. The number of hydrogen-bond acceptors (Lipinski definition) is 5. The molecule has 0 heterocycles. The van der Waals surface area contributed by atoms with E-state index in [9.17, 15) is 22.4 Å². The van der Waals surface area contributed by atoms with Crippen molar-refractivity contribution in [2.45, 2.75) is 50.7 Å². The number of para-hydroxylation sites is 1. The average molecular weight is 618 g/mol. The van der Waals surface area contributed by atoms with E-state index < -0.39 is 34.3 Å². The molecule has 0 radical (unpaired) electrons. The third-order valence-corrected chi connectivity index (χ3v) is 8.58. The van der Waals surface area contributed by atoms with Crippen molar-refractivity contribution in [1.29, 1.82) is 0 Å². The van der Waals surface area contributed by atoms with Crippen LogP contribution in [0.2, 0.25) is 0 Å². The monoisotopic (exact) mass is 617 g/mol. The Morgan fingerprint density at radius 2 is 1.39 bits per heavy atom. The van der Waals surface area contributed by atoms with E-state index in [-0.39, 0.29) is 35.5 Å². The van der Waals surface area contributed by atoms with Gasteiger partial charge in [0.05, 0.1) is 10.6 Å². The number of nitrogens with zero attached hydrogens (tertiary/aromatic N) is 2. The highest BCUT2D eigenvalue weighted by Gasteiger charge is 2.33. The number of anilines is 1. The Morgan fingerprint density at radius 1 is 0.818 bits per heavy atom. The summed E-state index contributed by atoms with van der Waals surface area (Å²) in [5.41, 5.74) is 0.833. The quantitative estimate of drug-likeness (QED) is 0.194. The molecule has 0 saturated carbocycles. The minimum absolute atomic E-state index is 0.00656. The molecule has 44 heavy (non-hydrogen) atoms. The fourth-order valence-electron chi connectivity index (χ4n) is 4.64. The Hall–Kier alpha value is -4.70. The van der Waals surface area contributed by atoms with Crippen LogP contribution in [-0.4, -0.2) is 43.8 Å². The number of carbonyl (C=O) groups is 2. The van der Waals surface area contributed by atoms with Crippen LogP contribution in [-0.2, 0) is 26.2 Å². The zero-order valence-electron chi connectivity index (χ0n) is 24.9. The molecule has 0 aromatic heterocycles. The van der Waals surface area contributed by atoms with Crippen LogP contribution in [0.25, 0.3) is 0 Å². The fourth-order valence-corrected chi connectivity index (χ4v) is 6.08. The summed E-state index contributed by atoms with van der Waals surface area (Å²) < 4.78 is 48.5. The minimum atomic E-state index is -4.21. The van der Waals surface area contributed by atoms with Gasteiger partial charge >= 0.3 is 0 Å². The summed E-state index contributed by atoms with van der Waals surface area (Å²) >= 11 is 0. The van der Waals surface area contributed by atoms with Crippen molar-refractivity contribution >= 4 is 27.5 Å². The molecule has 0 bridgehead atoms. The van der Waals surface area contributed by atoms with Crippen LogP contribution in [0.5, 0.6) is 11.5 Å². The van der Waals surface area contributed by atoms with Crippen LogP contribution < -0.4 is 14.4 Å². The minimum Gasteiger partial charge on any atom is -0.457 e. The van der Waals surface area contributed by atoms with E-state index in [1.54, 1.807) is 61.5 Å². The molecule has 4 aromatic carbocycles. The maximum Gasteiger partial charge on any atom is 0.264 e. The number of rotatable bonds is 13. The SMILES string of the molecule is CC[C@@H](C(=O)NC(C)C)N(Cc1ccc(F)cc1)C(=O)CN(c1ccc(Oc2ccccc2)cc1)S(=O)(=O)c1ccccc1. The van der Waals surface area contributed by atoms with Crippen molar-refractivity contribution in [3.05, 3.63) is 121 Å². The van der Waals surface area contributed by atoms with E-state index in [4.69, 9.17) is 4.74 Å². The molecule has 0 fully saturated rings. The topological polar surface area (TPSA) is 96.0 Å². The first-order chi connectivity index (χ1) is 21.1. The van der Waals surface area contributed by atoms with E-state index in [0.717, 1.165) is 4.31 Å².